The lowest BCUT2D eigenvalue weighted by atomic mass is 9.99. The van der Waals surface area contributed by atoms with E-state index in [0.29, 0.717) is 17.5 Å². The first kappa shape index (κ1) is 18.4. The molecule has 140 valence electrons. The van der Waals surface area contributed by atoms with Crippen LogP contribution < -0.4 is 5.32 Å². The Labute approximate surface area is 168 Å². The summed E-state index contributed by atoms with van der Waals surface area (Å²) in [5, 5.41) is 4.88. The van der Waals surface area contributed by atoms with Gasteiger partial charge in [0.05, 0.1) is 21.8 Å². The van der Waals surface area contributed by atoms with Crippen LogP contribution in [0.5, 0.6) is 0 Å². The minimum absolute atomic E-state index is 0.0189. The molecule has 1 fully saturated rings. The van der Waals surface area contributed by atoms with Crippen LogP contribution in [0.15, 0.2) is 42.5 Å². The van der Waals surface area contributed by atoms with E-state index < -0.39 is 0 Å². The number of para-hydroxylation sites is 1. The number of piperidine rings is 1. The van der Waals surface area contributed by atoms with E-state index in [2.05, 4.69) is 28.4 Å². The zero-order valence-corrected chi connectivity index (χ0v) is 16.8. The fourth-order valence-corrected chi connectivity index (χ4v) is 4.95. The molecule has 3 aromatic rings. The first-order chi connectivity index (χ1) is 13.1. The molecule has 1 aromatic heterocycles. The van der Waals surface area contributed by atoms with Crippen molar-refractivity contribution in [1.29, 1.82) is 0 Å². The first-order valence-corrected chi connectivity index (χ1v) is 10.4. The molecule has 0 spiro atoms. The van der Waals surface area contributed by atoms with Crippen molar-refractivity contribution in [2.75, 3.05) is 25.0 Å². The number of benzene rings is 2. The van der Waals surface area contributed by atoms with Crippen LogP contribution in [0.4, 0.5) is 5.69 Å². The molecular formula is C21H22ClN3OS. The standard InChI is InChI=1S/C21H22ClN3OS/c1-14-11-16(22)8-9-17(14)23-20(26)13-25-10-4-5-15(12-25)21-24-18-6-2-3-7-19(18)27-21/h2-3,6-9,11,15H,4-5,10,12-13H2,1H3,(H,23,26)/t15-/m0/s1. The number of anilines is 1. The van der Waals surface area contributed by atoms with Gasteiger partial charge in [-0.2, -0.15) is 0 Å². The van der Waals surface area contributed by atoms with Crippen LogP contribution in [0, 0.1) is 6.92 Å². The van der Waals surface area contributed by atoms with Crippen LogP contribution in [0.25, 0.3) is 10.2 Å². The number of fused-ring (bicyclic) bond motifs is 1. The van der Waals surface area contributed by atoms with E-state index in [0.717, 1.165) is 42.7 Å². The predicted octanol–water partition coefficient (Wildman–Crippen LogP) is 5.08. The maximum absolute atomic E-state index is 12.5. The molecule has 1 atom stereocenters. The molecular weight excluding hydrogens is 378 g/mol. The van der Waals surface area contributed by atoms with Crippen molar-refractivity contribution >= 4 is 44.7 Å². The number of thiazole rings is 1. The zero-order chi connectivity index (χ0) is 18.8. The maximum Gasteiger partial charge on any atom is 0.238 e. The van der Waals surface area contributed by atoms with E-state index in [4.69, 9.17) is 16.6 Å². The molecule has 1 amide bonds. The highest BCUT2D eigenvalue weighted by Crippen LogP contribution is 2.32. The molecule has 0 saturated carbocycles. The van der Waals surface area contributed by atoms with Crippen LogP contribution in [0.3, 0.4) is 0 Å². The quantitative estimate of drug-likeness (QED) is 0.665. The van der Waals surface area contributed by atoms with E-state index in [1.807, 2.05) is 25.1 Å². The Kier molecular flexibility index (Phi) is 5.43. The van der Waals surface area contributed by atoms with E-state index in [9.17, 15) is 4.79 Å². The molecule has 1 aliphatic heterocycles. The molecule has 0 unspecified atom stereocenters. The number of aromatic nitrogens is 1. The van der Waals surface area contributed by atoms with Crippen molar-refractivity contribution in [3.63, 3.8) is 0 Å². The van der Waals surface area contributed by atoms with Crippen LogP contribution in [0.2, 0.25) is 5.02 Å². The van der Waals surface area contributed by atoms with Crippen molar-refractivity contribution in [2.24, 2.45) is 0 Å². The summed E-state index contributed by atoms with van der Waals surface area (Å²) < 4.78 is 1.24. The van der Waals surface area contributed by atoms with Crippen molar-refractivity contribution in [3.05, 3.63) is 58.1 Å². The van der Waals surface area contributed by atoms with Gasteiger partial charge in [-0.3, -0.25) is 9.69 Å². The lowest BCUT2D eigenvalue weighted by molar-refractivity contribution is -0.117. The van der Waals surface area contributed by atoms with Gasteiger partial charge in [0.15, 0.2) is 0 Å². The van der Waals surface area contributed by atoms with E-state index in [-0.39, 0.29) is 5.91 Å². The Morgan fingerprint density at radius 1 is 1.33 bits per heavy atom. The number of carbonyl (C=O) groups is 1. The van der Waals surface area contributed by atoms with Gasteiger partial charge in [-0.25, -0.2) is 4.98 Å². The highest BCUT2D eigenvalue weighted by atomic mass is 35.5. The number of rotatable bonds is 4. The number of halogens is 1. The van der Waals surface area contributed by atoms with Gasteiger partial charge in [-0.05, 0) is 62.2 Å². The highest BCUT2D eigenvalue weighted by molar-refractivity contribution is 7.18. The highest BCUT2D eigenvalue weighted by Gasteiger charge is 2.25. The van der Waals surface area contributed by atoms with Gasteiger partial charge in [0.25, 0.3) is 0 Å². The molecule has 6 heteroatoms. The lowest BCUT2D eigenvalue weighted by Gasteiger charge is -2.31. The predicted molar refractivity (Wildman–Crippen MR) is 113 cm³/mol. The summed E-state index contributed by atoms with van der Waals surface area (Å²) in [6.07, 6.45) is 2.22. The molecule has 2 aromatic carbocycles. The van der Waals surface area contributed by atoms with E-state index in [1.54, 1.807) is 17.4 Å². The van der Waals surface area contributed by atoms with Gasteiger partial charge >= 0.3 is 0 Å². The zero-order valence-electron chi connectivity index (χ0n) is 15.2. The Hall–Kier alpha value is -1.95. The van der Waals surface area contributed by atoms with Crippen molar-refractivity contribution in [2.45, 2.75) is 25.7 Å². The number of hydrogen-bond donors (Lipinski definition) is 1. The van der Waals surface area contributed by atoms with Gasteiger partial charge in [-0.1, -0.05) is 23.7 Å². The minimum Gasteiger partial charge on any atom is -0.325 e. The molecule has 27 heavy (non-hydrogen) atoms. The van der Waals surface area contributed by atoms with Crippen molar-refractivity contribution in [3.8, 4) is 0 Å². The number of carbonyl (C=O) groups excluding carboxylic acids is 1. The van der Waals surface area contributed by atoms with E-state index in [1.165, 1.54) is 9.71 Å². The summed E-state index contributed by atoms with van der Waals surface area (Å²) >= 11 is 7.77. The molecule has 0 bridgehead atoms. The van der Waals surface area contributed by atoms with Gasteiger partial charge in [0.2, 0.25) is 5.91 Å². The summed E-state index contributed by atoms with van der Waals surface area (Å²) in [4.78, 5) is 19.6. The number of aryl methyl sites for hydroxylation is 1. The molecule has 0 aliphatic carbocycles. The molecule has 0 radical (unpaired) electrons. The summed E-state index contributed by atoms with van der Waals surface area (Å²) in [6.45, 7) is 4.19. The summed E-state index contributed by atoms with van der Waals surface area (Å²) in [5.74, 6) is 0.423. The van der Waals surface area contributed by atoms with Gasteiger partial charge in [0.1, 0.15) is 0 Å². The van der Waals surface area contributed by atoms with Crippen molar-refractivity contribution in [1.82, 2.24) is 9.88 Å². The SMILES string of the molecule is Cc1cc(Cl)ccc1NC(=O)CN1CCC[C@H](c2nc3ccccc3s2)C1. The number of nitrogens with zero attached hydrogens (tertiary/aromatic N) is 2. The number of amides is 1. The van der Waals surface area contributed by atoms with Crippen molar-refractivity contribution < 1.29 is 4.79 Å². The third kappa shape index (κ3) is 4.32. The second-order valence-corrected chi connectivity index (χ2v) is 8.60. The molecule has 1 saturated heterocycles. The lowest BCUT2D eigenvalue weighted by Crippen LogP contribution is -2.39. The normalized spacial score (nSPS) is 17.9. The average molecular weight is 400 g/mol. The Morgan fingerprint density at radius 3 is 3.00 bits per heavy atom. The third-order valence-electron chi connectivity index (χ3n) is 4.99. The Morgan fingerprint density at radius 2 is 2.19 bits per heavy atom. The fourth-order valence-electron chi connectivity index (χ4n) is 3.63. The summed E-state index contributed by atoms with van der Waals surface area (Å²) in [6, 6.07) is 13.8. The van der Waals surface area contributed by atoms with E-state index >= 15 is 0 Å². The van der Waals surface area contributed by atoms with Crippen LogP contribution in [-0.2, 0) is 4.79 Å². The topological polar surface area (TPSA) is 45.2 Å². The summed E-state index contributed by atoms with van der Waals surface area (Å²) in [7, 11) is 0. The first-order valence-electron chi connectivity index (χ1n) is 9.22. The number of hydrogen-bond acceptors (Lipinski definition) is 4. The second kappa shape index (κ2) is 7.97. The van der Waals surface area contributed by atoms with Crippen LogP contribution in [0.1, 0.15) is 29.3 Å². The maximum atomic E-state index is 12.5. The van der Waals surface area contributed by atoms with Gasteiger partial charge in [0, 0.05) is 23.2 Å². The monoisotopic (exact) mass is 399 g/mol. The van der Waals surface area contributed by atoms with Gasteiger partial charge in [-0.15, -0.1) is 11.3 Å². The third-order valence-corrected chi connectivity index (χ3v) is 6.43. The number of nitrogens with one attached hydrogen (secondary N) is 1. The summed E-state index contributed by atoms with van der Waals surface area (Å²) in [5.41, 5.74) is 2.87. The fraction of sp³-hybridized carbons (Fsp3) is 0.333. The molecule has 4 rings (SSSR count). The minimum atomic E-state index is 0.0189. The molecule has 1 N–H and O–H groups in total. The Bertz CT molecular complexity index is 938. The number of likely N-dealkylation sites (tertiary alicyclic amines) is 1. The Balaban J connectivity index is 1.40. The second-order valence-electron chi connectivity index (χ2n) is 7.10. The van der Waals surface area contributed by atoms with Crippen LogP contribution in [-0.4, -0.2) is 35.4 Å². The molecule has 4 nitrogen and oxygen atoms in total. The average Bonchev–Trinajstić information content (AvgIpc) is 3.08. The van der Waals surface area contributed by atoms with Crippen LogP contribution >= 0.6 is 22.9 Å². The smallest absolute Gasteiger partial charge is 0.238 e. The largest absolute Gasteiger partial charge is 0.325 e. The van der Waals surface area contributed by atoms with Gasteiger partial charge < -0.3 is 5.32 Å². The molecule has 1 aliphatic rings. The molecule has 2 heterocycles.